The van der Waals surface area contributed by atoms with Gasteiger partial charge in [0, 0.05) is 17.3 Å². The van der Waals surface area contributed by atoms with Crippen LogP contribution in [0.25, 0.3) is 0 Å². The molecule has 5 aliphatic rings. The fourth-order valence-electron chi connectivity index (χ4n) is 10.9. The van der Waals surface area contributed by atoms with Gasteiger partial charge in [0.25, 0.3) is 0 Å². The number of carboxylic acid groups (broad SMARTS) is 1. The molecule has 0 radical (unpaired) electrons. The van der Waals surface area contributed by atoms with Gasteiger partial charge in [0.05, 0.1) is 30.3 Å². The van der Waals surface area contributed by atoms with Crippen molar-refractivity contribution in [3.63, 3.8) is 0 Å². The molecule has 0 aromatic carbocycles. The Kier molecular flexibility index (Phi) is 5.80. The number of hydrogen-bond acceptors (Lipinski definition) is 5. The van der Waals surface area contributed by atoms with Crippen molar-refractivity contribution in [1.82, 2.24) is 0 Å². The van der Waals surface area contributed by atoms with Gasteiger partial charge >= 0.3 is 5.97 Å². The quantitative estimate of drug-likeness (QED) is 0.365. The first-order valence-electron chi connectivity index (χ1n) is 13.9. The summed E-state index contributed by atoms with van der Waals surface area (Å²) in [5, 5.41) is 54.6. The summed E-state index contributed by atoms with van der Waals surface area (Å²) in [5.74, 6) is -0.931. The first kappa shape index (κ1) is 26.4. The Morgan fingerprint density at radius 2 is 1.72 bits per heavy atom. The zero-order chi connectivity index (χ0) is 26.6. The van der Waals surface area contributed by atoms with Crippen molar-refractivity contribution in [3.8, 4) is 0 Å². The minimum Gasteiger partial charge on any atom is -0.481 e. The molecule has 202 valence electrons. The summed E-state index contributed by atoms with van der Waals surface area (Å²) in [4.78, 5) is 12.8. The van der Waals surface area contributed by atoms with Crippen LogP contribution in [0.15, 0.2) is 23.8 Å². The summed E-state index contributed by atoms with van der Waals surface area (Å²) in [6, 6.07) is 0. The average molecular weight is 503 g/mol. The molecule has 5 N–H and O–H groups in total. The Labute approximate surface area is 215 Å². The van der Waals surface area contributed by atoms with E-state index in [9.17, 15) is 30.3 Å². The lowest BCUT2D eigenvalue weighted by Crippen LogP contribution is -2.71. The molecule has 6 heteroatoms. The van der Waals surface area contributed by atoms with Gasteiger partial charge in [-0.15, -0.1) is 0 Å². The fraction of sp³-hybridized carbons (Fsp3) is 0.833. The van der Waals surface area contributed by atoms with Crippen molar-refractivity contribution >= 4 is 5.97 Å². The zero-order valence-corrected chi connectivity index (χ0v) is 22.6. The third-order valence-corrected chi connectivity index (χ3v) is 13.0. The van der Waals surface area contributed by atoms with Crippen LogP contribution in [0.1, 0.15) is 79.6 Å². The smallest absolute Gasteiger partial charge is 0.310 e. The van der Waals surface area contributed by atoms with Gasteiger partial charge in [0.15, 0.2) is 0 Å². The van der Waals surface area contributed by atoms with E-state index in [0.29, 0.717) is 25.7 Å². The van der Waals surface area contributed by atoms with Crippen LogP contribution in [0.2, 0.25) is 0 Å². The Balaban J connectivity index is 1.66. The SMILES string of the molecule is C=C1CC[C@]2(C(=O)O)CC[C@]3(C)C(=CCC4[C@@]5(C)C[C@@H](O)[C@H](O)[C@@](C)(CO)C5[C@H](O)C[C@]43C)C2[C@H]1C. The van der Waals surface area contributed by atoms with Crippen molar-refractivity contribution in [1.29, 1.82) is 0 Å². The van der Waals surface area contributed by atoms with Crippen LogP contribution in [0.3, 0.4) is 0 Å². The summed E-state index contributed by atoms with van der Waals surface area (Å²) >= 11 is 0. The number of carbonyl (C=O) groups is 1. The van der Waals surface area contributed by atoms with Crippen molar-refractivity contribution in [2.24, 2.45) is 50.7 Å². The third-order valence-electron chi connectivity index (χ3n) is 13.0. The summed E-state index contributed by atoms with van der Waals surface area (Å²) in [5.41, 5.74) is -0.502. The van der Waals surface area contributed by atoms with E-state index in [1.165, 1.54) is 5.57 Å². The second-order valence-electron chi connectivity index (χ2n) is 14.2. The molecule has 5 rings (SSSR count). The van der Waals surface area contributed by atoms with E-state index in [2.05, 4.69) is 40.3 Å². The topological polar surface area (TPSA) is 118 Å². The molecular formula is C30H46O6. The minimum absolute atomic E-state index is 0.0852. The molecule has 0 aromatic heterocycles. The number of aliphatic hydroxyl groups is 4. The van der Waals surface area contributed by atoms with Crippen LogP contribution in [0.5, 0.6) is 0 Å². The lowest BCUT2D eigenvalue weighted by atomic mass is 9.32. The zero-order valence-electron chi connectivity index (χ0n) is 22.6. The second-order valence-corrected chi connectivity index (χ2v) is 14.2. The van der Waals surface area contributed by atoms with E-state index in [-0.39, 0.29) is 41.1 Å². The van der Waals surface area contributed by atoms with Crippen molar-refractivity contribution in [3.05, 3.63) is 23.8 Å². The van der Waals surface area contributed by atoms with Gasteiger partial charge in [-0.2, -0.15) is 0 Å². The monoisotopic (exact) mass is 502 g/mol. The number of aliphatic hydroxyl groups excluding tert-OH is 4. The lowest BCUT2D eigenvalue weighted by molar-refractivity contribution is -0.273. The van der Waals surface area contributed by atoms with Gasteiger partial charge < -0.3 is 25.5 Å². The summed E-state index contributed by atoms with van der Waals surface area (Å²) in [7, 11) is 0. The van der Waals surface area contributed by atoms with Crippen LogP contribution < -0.4 is 0 Å². The fourth-order valence-corrected chi connectivity index (χ4v) is 10.9. The summed E-state index contributed by atoms with van der Waals surface area (Å²) in [6.45, 7) is 14.7. The highest BCUT2D eigenvalue weighted by molar-refractivity contribution is 5.77. The van der Waals surface area contributed by atoms with Crippen molar-refractivity contribution in [2.75, 3.05) is 6.61 Å². The number of fused-ring (bicyclic) bond motifs is 7. The van der Waals surface area contributed by atoms with E-state index in [1.807, 2.05) is 0 Å². The molecule has 0 spiro atoms. The Bertz CT molecular complexity index is 1010. The number of carboxylic acids is 1. The van der Waals surface area contributed by atoms with Gasteiger partial charge in [-0.3, -0.25) is 4.79 Å². The van der Waals surface area contributed by atoms with Gasteiger partial charge in [-0.1, -0.05) is 58.4 Å². The molecule has 4 saturated carbocycles. The maximum Gasteiger partial charge on any atom is 0.310 e. The molecule has 3 unspecified atom stereocenters. The summed E-state index contributed by atoms with van der Waals surface area (Å²) in [6.07, 6.45) is 3.93. The van der Waals surface area contributed by atoms with E-state index < -0.39 is 40.5 Å². The minimum atomic E-state index is -1.09. The van der Waals surface area contributed by atoms with Gasteiger partial charge in [-0.25, -0.2) is 0 Å². The molecule has 5 aliphatic carbocycles. The predicted molar refractivity (Wildman–Crippen MR) is 137 cm³/mol. The Hall–Kier alpha value is -1.21. The van der Waals surface area contributed by atoms with E-state index in [1.54, 1.807) is 6.92 Å². The molecule has 0 bridgehead atoms. The highest BCUT2D eigenvalue weighted by Gasteiger charge is 2.72. The van der Waals surface area contributed by atoms with Crippen LogP contribution in [0.4, 0.5) is 0 Å². The van der Waals surface area contributed by atoms with E-state index >= 15 is 0 Å². The van der Waals surface area contributed by atoms with Gasteiger partial charge in [0.2, 0.25) is 0 Å². The van der Waals surface area contributed by atoms with Crippen LogP contribution in [-0.4, -0.2) is 56.4 Å². The van der Waals surface area contributed by atoms with Crippen molar-refractivity contribution < 1.29 is 30.3 Å². The maximum absolute atomic E-state index is 12.8. The normalized spacial score (nSPS) is 56.5. The molecule has 0 aromatic rings. The molecule has 6 nitrogen and oxygen atoms in total. The first-order chi connectivity index (χ1) is 16.6. The highest BCUT2D eigenvalue weighted by Crippen LogP contribution is 2.75. The molecule has 12 atom stereocenters. The number of allylic oxidation sites excluding steroid dienone is 3. The van der Waals surface area contributed by atoms with Crippen LogP contribution in [-0.2, 0) is 4.79 Å². The van der Waals surface area contributed by atoms with Gasteiger partial charge in [0.1, 0.15) is 0 Å². The van der Waals surface area contributed by atoms with E-state index in [4.69, 9.17) is 0 Å². The highest BCUT2D eigenvalue weighted by atomic mass is 16.4. The first-order valence-corrected chi connectivity index (χ1v) is 13.9. The number of hydrogen-bond donors (Lipinski definition) is 5. The molecule has 0 aliphatic heterocycles. The Morgan fingerprint density at radius 3 is 2.33 bits per heavy atom. The maximum atomic E-state index is 12.8. The largest absolute Gasteiger partial charge is 0.481 e. The Morgan fingerprint density at radius 1 is 1.06 bits per heavy atom. The van der Waals surface area contributed by atoms with Crippen LogP contribution >= 0.6 is 0 Å². The standard InChI is InChI=1S/C30H46O6/c1-16-9-10-30(25(35)36)12-11-28(5)18(22(30)17(16)2)7-8-21-26(3)13-20(33)24(34)27(4,15-31)23(26)19(32)14-29(21,28)6/h7,17,19-24,31-34H,1,8-15H2,2-6H3,(H,35,36)/t17-,19+,20+,21?,22?,23?,24-,26+,27-,28+,29+,30-/m0/s1. The molecular weight excluding hydrogens is 456 g/mol. The molecule has 0 heterocycles. The van der Waals surface area contributed by atoms with Crippen molar-refractivity contribution in [2.45, 2.75) is 97.9 Å². The predicted octanol–water partition coefficient (Wildman–Crippen LogP) is 3.92. The lowest BCUT2D eigenvalue weighted by Gasteiger charge is -2.72. The molecule has 36 heavy (non-hydrogen) atoms. The average Bonchev–Trinajstić information content (AvgIpc) is 2.80. The van der Waals surface area contributed by atoms with E-state index in [0.717, 1.165) is 24.8 Å². The third kappa shape index (κ3) is 2.91. The number of aliphatic carboxylic acids is 1. The molecule has 0 saturated heterocycles. The van der Waals surface area contributed by atoms with Gasteiger partial charge in [-0.05, 0) is 73.0 Å². The molecule has 4 fully saturated rings. The molecule has 0 amide bonds. The summed E-state index contributed by atoms with van der Waals surface area (Å²) < 4.78 is 0. The second kappa shape index (κ2) is 7.91. The van der Waals surface area contributed by atoms with Crippen LogP contribution in [0, 0.1) is 50.7 Å². The number of rotatable bonds is 2.